The Hall–Kier alpha value is -2.82. The van der Waals surface area contributed by atoms with Crippen molar-refractivity contribution in [2.24, 2.45) is 5.92 Å². The standard InChI is InChI=1S/C16H11N3O2/c20-14-11-5-1-2-8-16(11,15(21)19-14)12-7-6-10-4-3-9-17-13(10)18-12/h1-9,11H,(H,19,20,21). The maximum Gasteiger partial charge on any atom is 0.243 e. The van der Waals surface area contributed by atoms with Crippen LogP contribution in [0.5, 0.6) is 0 Å². The first-order chi connectivity index (χ1) is 10.2. The van der Waals surface area contributed by atoms with Gasteiger partial charge in [0.15, 0.2) is 5.65 Å². The third-order valence-corrected chi connectivity index (χ3v) is 4.05. The number of aromatic nitrogens is 2. The molecular weight excluding hydrogens is 266 g/mol. The summed E-state index contributed by atoms with van der Waals surface area (Å²) in [6.07, 6.45) is 8.70. The second kappa shape index (κ2) is 4.09. The molecule has 1 fully saturated rings. The lowest BCUT2D eigenvalue weighted by molar-refractivity contribution is -0.126. The lowest BCUT2D eigenvalue weighted by Gasteiger charge is -2.27. The Kier molecular flexibility index (Phi) is 2.33. The van der Waals surface area contributed by atoms with E-state index in [-0.39, 0.29) is 11.8 Å². The summed E-state index contributed by atoms with van der Waals surface area (Å²) >= 11 is 0. The molecule has 2 aliphatic rings. The molecule has 1 saturated heterocycles. The lowest BCUT2D eigenvalue weighted by Crippen LogP contribution is -2.39. The van der Waals surface area contributed by atoms with Crippen LogP contribution in [-0.2, 0) is 15.0 Å². The molecule has 102 valence electrons. The molecule has 4 rings (SSSR count). The Morgan fingerprint density at radius 3 is 2.95 bits per heavy atom. The molecule has 1 aliphatic heterocycles. The molecule has 2 aromatic rings. The van der Waals surface area contributed by atoms with Crippen LogP contribution in [0.15, 0.2) is 54.8 Å². The van der Waals surface area contributed by atoms with Gasteiger partial charge in [-0.2, -0.15) is 0 Å². The predicted molar refractivity (Wildman–Crippen MR) is 76.1 cm³/mol. The van der Waals surface area contributed by atoms with Crippen molar-refractivity contribution in [1.82, 2.24) is 15.3 Å². The predicted octanol–water partition coefficient (Wildman–Crippen LogP) is 1.27. The van der Waals surface area contributed by atoms with Gasteiger partial charge in [-0.05, 0) is 24.3 Å². The zero-order valence-electron chi connectivity index (χ0n) is 11.0. The summed E-state index contributed by atoms with van der Waals surface area (Å²) in [4.78, 5) is 33.1. The summed E-state index contributed by atoms with van der Waals surface area (Å²) in [5, 5.41) is 3.30. The van der Waals surface area contributed by atoms with Crippen molar-refractivity contribution in [3.63, 3.8) is 0 Å². The number of allylic oxidation sites excluding steroid dienone is 2. The number of rotatable bonds is 1. The van der Waals surface area contributed by atoms with Crippen LogP contribution in [0, 0.1) is 5.92 Å². The SMILES string of the molecule is O=C1NC(=O)C2(c3ccc4cccnc4n3)C=CC=CC12. The number of amides is 2. The number of carbonyl (C=O) groups is 2. The van der Waals surface area contributed by atoms with Crippen molar-refractivity contribution < 1.29 is 9.59 Å². The highest BCUT2D eigenvalue weighted by molar-refractivity contribution is 6.12. The van der Waals surface area contributed by atoms with Crippen LogP contribution in [0.2, 0.25) is 0 Å². The van der Waals surface area contributed by atoms with Gasteiger partial charge in [0.2, 0.25) is 11.8 Å². The van der Waals surface area contributed by atoms with Crippen LogP contribution in [0.3, 0.4) is 0 Å². The summed E-state index contributed by atoms with van der Waals surface area (Å²) in [5.74, 6) is -1.17. The van der Waals surface area contributed by atoms with Crippen LogP contribution in [0.1, 0.15) is 5.69 Å². The van der Waals surface area contributed by atoms with E-state index in [1.165, 1.54) is 0 Å². The van der Waals surface area contributed by atoms with Crippen LogP contribution < -0.4 is 5.32 Å². The van der Waals surface area contributed by atoms with Crippen molar-refractivity contribution in [3.8, 4) is 0 Å². The van der Waals surface area contributed by atoms with Crippen molar-refractivity contribution in [1.29, 1.82) is 0 Å². The summed E-state index contributed by atoms with van der Waals surface area (Å²) < 4.78 is 0. The minimum absolute atomic E-state index is 0.288. The van der Waals surface area contributed by atoms with E-state index in [0.717, 1.165) is 5.39 Å². The molecule has 5 heteroatoms. The van der Waals surface area contributed by atoms with Crippen LogP contribution in [-0.4, -0.2) is 21.8 Å². The number of fused-ring (bicyclic) bond motifs is 2. The molecule has 2 aromatic heterocycles. The maximum absolute atomic E-state index is 12.4. The van der Waals surface area contributed by atoms with Gasteiger partial charge in [0.05, 0.1) is 11.6 Å². The van der Waals surface area contributed by atoms with E-state index in [2.05, 4.69) is 15.3 Å². The van der Waals surface area contributed by atoms with Crippen molar-refractivity contribution in [2.45, 2.75) is 5.41 Å². The van der Waals surface area contributed by atoms with Gasteiger partial charge in [0, 0.05) is 11.6 Å². The summed E-state index contributed by atoms with van der Waals surface area (Å²) in [5.41, 5.74) is 0.0539. The molecular formula is C16H11N3O2. The average Bonchev–Trinajstić information content (AvgIpc) is 2.79. The molecule has 2 unspecified atom stereocenters. The van der Waals surface area contributed by atoms with Gasteiger partial charge in [-0.15, -0.1) is 0 Å². The third-order valence-electron chi connectivity index (χ3n) is 4.05. The van der Waals surface area contributed by atoms with E-state index in [4.69, 9.17) is 0 Å². The maximum atomic E-state index is 12.4. The molecule has 1 N–H and O–H groups in total. The summed E-state index contributed by atoms with van der Waals surface area (Å²) in [7, 11) is 0. The number of pyridine rings is 2. The molecule has 3 heterocycles. The first-order valence-electron chi connectivity index (χ1n) is 6.65. The molecule has 2 amide bonds. The normalized spacial score (nSPS) is 27.0. The number of carbonyl (C=O) groups excluding carboxylic acids is 2. The van der Waals surface area contributed by atoms with E-state index in [0.29, 0.717) is 11.3 Å². The minimum atomic E-state index is -1.06. The fourth-order valence-electron chi connectivity index (χ4n) is 2.99. The molecule has 0 spiro atoms. The second-order valence-corrected chi connectivity index (χ2v) is 5.16. The van der Waals surface area contributed by atoms with Crippen molar-refractivity contribution >= 4 is 22.8 Å². The van der Waals surface area contributed by atoms with Gasteiger partial charge in [-0.1, -0.05) is 24.3 Å². The van der Waals surface area contributed by atoms with Crippen LogP contribution in [0.4, 0.5) is 0 Å². The van der Waals surface area contributed by atoms with Crippen molar-refractivity contribution in [2.75, 3.05) is 0 Å². The molecule has 0 aromatic carbocycles. The molecule has 0 saturated carbocycles. The zero-order valence-corrected chi connectivity index (χ0v) is 11.0. The van der Waals surface area contributed by atoms with Crippen molar-refractivity contribution in [3.05, 3.63) is 60.5 Å². The molecule has 1 aliphatic carbocycles. The van der Waals surface area contributed by atoms with E-state index < -0.39 is 11.3 Å². The molecule has 0 radical (unpaired) electrons. The topological polar surface area (TPSA) is 72.0 Å². The van der Waals surface area contributed by atoms with Crippen LogP contribution >= 0.6 is 0 Å². The summed E-state index contributed by atoms with van der Waals surface area (Å²) in [6, 6.07) is 7.40. The molecule has 2 atom stereocenters. The van der Waals surface area contributed by atoms with Gasteiger partial charge in [-0.25, -0.2) is 9.97 Å². The van der Waals surface area contributed by atoms with Gasteiger partial charge in [0.25, 0.3) is 0 Å². The quantitative estimate of drug-likeness (QED) is 0.797. The Morgan fingerprint density at radius 2 is 2.05 bits per heavy atom. The molecule has 0 bridgehead atoms. The Bertz CT molecular complexity index is 840. The number of hydrogen-bond acceptors (Lipinski definition) is 4. The largest absolute Gasteiger partial charge is 0.295 e. The number of imide groups is 1. The van der Waals surface area contributed by atoms with Gasteiger partial charge in [-0.3, -0.25) is 14.9 Å². The van der Waals surface area contributed by atoms with Gasteiger partial charge < -0.3 is 0 Å². The van der Waals surface area contributed by atoms with Gasteiger partial charge in [0.1, 0.15) is 5.41 Å². The minimum Gasteiger partial charge on any atom is -0.295 e. The summed E-state index contributed by atoms with van der Waals surface area (Å²) in [6.45, 7) is 0. The lowest BCUT2D eigenvalue weighted by atomic mass is 9.72. The monoisotopic (exact) mass is 277 g/mol. The fourth-order valence-corrected chi connectivity index (χ4v) is 2.99. The van der Waals surface area contributed by atoms with E-state index in [9.17, 15) is 9.59 Å². The smallest absolute Gasteiger partial charge is 0.243 e. The molecule has 21 heavy (non-hydrogen) atoms. The fraction of sp³-hybridized carbons (Fsp3) is 0.125. The number of nitrogens with zero attached hydrogens (tertiary/aromatic N) is 2. The van der Waals surface area contributed by atoms with Crippen LogP contribution in [0.25, 0.3) is 11.0 Å². The third kappa shape index (κ3) is 1.51. The first kappa shape index (κ1) is 12.0. The highest BCUT2D eigenvalue weighted by atomic mass is 16.2. The average molecular weight is 277 g/mol. The van der Waals surface area contributed by atoms with E-state index >= 15 is 0 Å². The second-order valence-electron chi connectivity index (χ2n) is 5.16. The Balaban J connectivity index is 1.96. The first-order valence-corrected chi connectivity index (χ1v) is 6.65. The highest BCUT2D eigenvalue weighted by Crippen LogP contribution is 2.40. The van der Waals surface area contributed by atoms with Gasteiger partial charge >= 0.3 is 0 Å². The Labute approximate surface area is 120 Å². The Morgan fingerprint density at radius 1 is 1.14 bits per heavy atom. The van der Waals surface area contributed by atoms with E-state index in [1.807, 2.05) is 18.2 Å². The number of hydrogen-bond donors (Lipinski definition) is 1. The van der Waals surface area contributed by atoms with E-state index in [1.54, 1.807) is 36.6 Å². The highest BCUT2D eigenvalue weighted by Gasteiger charge is 2.55. The molecule has 5 nitrogen and oxygen atoms in total. The number of nitrogens with one attached hydrogen (secondary N) is 1. The zero-order chi connectivity index (χ0) is 14.4.